The highest BCUT2D eigenvalue weighted by Gasteiger charge is 2.19. The van der Waals surface area contributed by atoms with E-state index in [0.717, 1.165) is 103 Å². The fourth-order valence-corrected chi connectivity index (χ4v) is 9.41. The second-order valence-electron chi connectivity index (χ2n) is 22.3. The SMILES string of the molecule is CC/C=C\C/C=C\C/C=C\C/C=C\C/C=C\CCCC(=O)OCC(COC(=O)CCCCCCCCCCCC/C=C\C/C=C\C/C=C\C/C=C\CC)OC(=O)CCCCCCCCCCCCC/C=C\CCCCCCCCCC. The van der Waals surface area contributed by atoms with Gasteiger partial charge in [0, 0.05) is 19.3 Å². The lowest BCUT2D eigenvalue weighted by Crippen LogP contribution is -2.30. The predicted molar refractivity (Wildman–Crippen MR) is 353 cm³/mol. The van der Waals surface area contributed by atoms with E-state index in [9.17, 15) is 14.4 Å². The fraction of sp³-hybridized carbons (Fsp3) is 0.693. The topological polar surface area (TPSA) is 78.9 Å². The molecular formula is C75H126O6. The Morgan fingerprint density at radius 3 is 0.815 bits per heavy atom. The van der Waals surface area contributed by atoms with Crippen LogP contribution in [-0.2, 0) is 28.6 Å². The molecule has 0 spiro atoms. The second kappa shape index (κ2) is 68.3. The maximum atomic E-state index is 13.0. The van der Waals surface area contributed by atoms with Crippen molar-refractivity contribution >= 4 is 17.9 Å². The van der Waals surface area contributed by atoms with Crippen molar-refractivity contribution in [3.8, 4) is 0 Å². The van der Waals surface area contributed by atoms with Crippen LogP contribution >= 0.6 is 0 Å². The number of unbranched alkanes of at least 4 members (excludes halogenated alkanes) is 30. The average molecular weight is 1120 g/mol. The third-order valence-corrected chi connectivity index (χ3v) is 14.4. The minimum atomic E-state index is -0.808. The van der Waals surface area contributed by atoms with Gasteiger partial charge in [-0.1, -0.05) is 296 Å². The molecular weight excluding hydrogens is 997 g/mol. The molecule has 0 amide bonds. The molecule has 6 heteroatoms. The fourth-order valence-electron chi connectivity index (χ4n) is 9.41. The van der Waals surface area contributed by atoms with Crippen LogP contribution in [0.3, 0.4) is 0 Å². The van der Waals surface area contributed by atoms with Crippen molar-refractivity contribution < 1.29 is 28.6 Å². The van der Waals surface area contributed by atoms with Gasteiger partial charge in [-0.25, -0.2) is 0 Å². The van der Waals surface area contributed by atoms with Gasteiger partial charge in [0.2, 0.25) is 0 Å². The molecule has 6 nitrogen and oxygen atoms in total. The molecule has 0 aromatic carbocycles. The van der Waals surface area contributed by atoms with Crippen molar-refractivity contribution in [3.63, 3.8) is 0 Å². The van der Waals surface area contributed by atoms with Crippen LogP contribution < -0.4 is 0 Å². The summed E-state index contributed by atoms with van der Waals surface area (Å²) in [5, 5.41) is 0. The zero-order chi connectivity index (χ0) is 58.5. The quantitative estimate of drug-likeness (QED) is 0.0261. The number of carbonyl (C=O) groups is 3. The van der Waals surface area contributed by atoms with Crippen LogP contribution in [0.25, 0.3) is 0 Å². The molecule has 0 rings (SSSR count). The van der Waals surface area contributed by atoms with Crippen LogP contribution in [0, 0.1) is 0 Å². The van der Waals surface area contributed by atoms with E-state index in [4.69, 9.17) is 14.2 Å². The molecule has 0 saturated heterocycles. The molecule has 462 valence electrons. The monoisotopic (exact) mass is 1120 g/mol. The van der Waals surface area contributed by atoms with E-state index >= 15 is 0 Å². The minimum absolute atomic E-state index is 0.0994. The summed E-state index contributed by atoms with van der Waals surface area (Å²) in [6, 6.07) is 0. The Balaban J connectivity index is 4.43. The Morgan fingerprint density at radius 2 is 0.494 bits per heavy atom. The summed E-state index contributed by atoms with van der Waals surface area (Å²) in [6.45, 7) is 6.39. The predicted octanol–water partition coefficient (Wildman–Crippen LogP) is 23.6. The van der Waals surface area contributed by atoms with Gasteiger partial charge in [0.05, 0.1) is 0 Å². The number of carbonyl (C=O) groups excluding carboxylic acids is 3. The lowest BCUT2D eigenvalue weighted by Gasteiger charge is -2.18. The first kappa shape index (κ1) is 76.8. The van der Waals surface area contributed by atoms with E-state index in [2.05, 4.69) is 142 Å². The first-order chi connectivity index (χ1) is 40.0. The van der Waals surface area contributed by atoms with Gasteiger partial charge >= 0.3 is 17.9 Å². The molecule has 0 aromatic heterocycles. The van der Waals surface area contributed by atoms with E-state index < -0.39 is 6.10 Å². The molecule has 1 atom stereocenters. The molecule has 81 heavy (non-hydrogen) atoms. The summed E-state index contributed by atoms with van der Waals surface area (Å²) >= 11 is 0. The number of rotatable bonds is 61. The summed E-state index contributed by atoms with van der Waals surface area (Å²) in [4.78, 5) is 38.4. The summed E-state index contributed by atoms with van der Waals surface area (Å²) in [5.41, 5.74) is 0. The summed E-state index contributed by atoms with van der Waals surface area (Å²) in [7, 11) is 0. The van der Waals surface area contributed by atoms with Gasteiger partial charge in [-0.15, -0.1) is 0 Å². The highest BCUT2D eigenvalue weighted by atomic mass is 16.6. The zero-order valence-corrected chi connectivity index (χ0v) is 53.0. The van der Waals surface area contributed by atoms with Crippen molar-refractivity contribution in [2.45, 2.75) is 322 Å². The molecule has 0 aromatic rings. The first-order valence-corrected chi connectivity index (χ1v) is 34.0. The maximum Gasteiger partial charge on any atom is 0.306 e. The largest absolute Gasteiger partial charge is 0.462 e. The number of hydrogen-bond acceptors (Lipinski definition) is 6. The Morgan fingerprint density at radius 1 is 0.259 bits per heavy atom. The molecule has 0 aliphatic carbocycles. The molecule has 0 aliphatic rings. The lowest BCUT2D eigenvalue weighted by molar-refractivity contribution is -0.167. The van der Waals surface area contributed by atoms with E-state index in [1.165, 1.54) is 167 Å². The van der Waals surface area contributed by atoms with Gasteiger partial charge < -0.3 is 14.2 Å². The Kier molecular flexibility index (Phi) is 64.8. The summed E-state index contributed by atoms with van der Waals surface area (Å²) in [6.07, 6.45) is 95.1. The van der Waals surface area contributed by atoms with Gasteiger partial charge in [0.1, 0.15) is 13.2 Å². The van der Waals surface area contributed by atoms with Crippen molar-refractivity contribution in [1.82, 2.24) is 0 Å². The molecule has 0 saturated carbocycles. The van der Waals surface area contributed by atoms with Crippen LogP contribution in [0.2, 0.25) is 0 Å². The molecule has 1 unspecified atom stereocenters. The van der Waals surface area contributed by atoms with Crippen LogP contribution in [0.4, 0.5) is 0 Å². The van der Waals surface area contributed by atoms with Gasteiger partial charge in [-0.3, -0.25) is 14.4 Å². The van der Waals surface area contributed by atoms with Gasteiger partial charge in [0.25, 0.3) is 0 Å². The first-order valence-electron chi connectivity index (χ1n) is 34.0. The molecule has 0 heterocycles. The Hall–Kier alpha value is -4.19. The minimum Gasteiger partial charge on any atom is -0.462 e. The van der Waals surface area contributed by atoms with Crippen molar-refractivity contribution in [2.24, 2.45) is 0 Å². The standard InChI is InChI=1S/C75H126O6/c1-4-7-10-13-16-19-22-25-28-31-33-35-37-39-41-44-47-50-53-56-59-62-65-68-74(77)80-71-72(70-79-73(76)67-64-61-58-55-52-49-46-43-30-27-24-21-18-15-12-9-6-3)81-75(78)69-66-63-60-57-54-51-48-45-42-40-38-36-34-32-29-26-23-20-17-14-11-8-5-2/h7,9-10,12,16,18-19,21,25,27-28,30,32-35,46,49,55,58,72H,4-6,8,11,13-15,17,20,22-24,26,29,31,36-45,47-48,50-54,56-57,59-71H2,1-3H3/b10-7-,12-9-,19-16-,21-18-,28-25-,30-27-,34-32-,35-33-,49-46-,58-55-. The maximum absolute atomic E-state index is 13.0. The second-order valence-corrected chi connectivity index (χ2v) is 22.3. The van der Waals surface area contributed by atoms with E-state index in [1.807, 2.05) is 0 Å². The normalized spacial score (nSPS) is 12.9. The summed E-state index contributed by atoms with van der Waals surface area (Å²) < 4.78 is 16.9. The van der Waals surface area contributed by atoms with Crippen LogP contribution in [0.5, 0.6) is 0 Å². The van der Waals surface area contributed by atoms with Crippen molar-refractivity contribution in [3.05, 3.63) is 122 Å². The van der Waals surface area contributed by atoms with Crippen LogP contribution in [-0.4, -0.2) is 37.2 Å². The number of ether oxygens (including phenoxy) is 3. The van der Waals surface area contributed by atoms with Gasteiger partial charge in [-0.2, -0.15) is 0 Å². The number of allylic oxidation sites excluding steroid dienone is 20. The molecule has 0 radical (unpaired) electrons. The van der Waals surface area contributed by atoms with Crippen molar-refractivity contribution in [1.29, 1.82) is 0 Å². The smallest absolute Gasteiger partial charge is 0.306 e. The van der Waals surface area contributed by atoms with E-state index in [-0.39, 0.29) is 37.5 Å². The molecule has 0 fully saturated rings. The summed E-state index contributed by atoms with van der Waals surface area (Å²) in [5.74, 6) is -0.956. The number of hydrogen-bond donors (Lipinski definition) is 0. The Bertz CT molecular complexity index is 1670. The third kappa shape index (κ3) is 66.5. The van der Waals surface area contributed by atoms with Crippen molar-refractivity contribution in [2.75, 3.05) is 13.2 Å². The van der Waals surface area contributed by atoms with Gasteiger partial charge in [-0.05, 0) is 122 Å². The highest BCUT2D eigenvalue weighted by molar-refractivity contribution is 5.71. The molecule has 0 N–H and O–H groups in total. The lowest BCUT2D eigenvalue weighted by atomic mass is 10.0. The zero-order valence-electron chi connectivity index (χ0n) is 53.0. The van der Waals surface area contributed by atoms with E-state index in [0.29, 0.717) is 19.3 Å². The molecule has 0 aliphatic heterocycles. The average Bonchev–Trinajstić information content (AvgIpc) is 3.47. The van der Waals surface area contributed by atoms with E-state index in [1.54, 1.807) is 0 Å². The highest BCUT2D eigenvalue weighted by Crippen LogP contribution is 2.16. The van der Waals surface area contributed by atoms with Crippen LogP contribution in [0.15, 0.2) is 122 Å². The molecule has 0 bridgehead atoms. The van der Waals surface area contributed by atoms with Crippen LogP contribution in [0.1, 0.15) is 316 Å². The Labute approximate surface area is 501 Å². The third-order valence-electron chi connectivity index (χ3n) is 14.4. The van der Waals surface area contributed by atoms with Gasteiger partial charge in [0.15, 0.2) is 6.10 Å². The number of esters is 3.